The van der Waals surface area contributed by atoms with E-state index in [0.717, 1.165) is 49.5 Å². The van der Waals surface area contributed by atoms with Crippen molar-refractivity contribution in [2.75, 3.05) is 83.7 Å². The molecule has 0 saturated carbocycles. The predicted molar refractivity (Wildman–Crippen MR) is 271 cm³/mol. The van der Waals surface area contributed by atoms with Crippen molar-refractivity contribution < 1.29 is 59.6 Å². The zero-order valence-electron chi connectivity index (χ0n) is 42.6. The lowest BCUT2D eigenvalue weighted by Gasteiger charge is -2.35. The number of alkyl halides is 6. The van der Waals surface area contributed by atoms with E-state index in [9.17, 15) is 31.1 Å². The lowest BCUT2D eigenvalue weighted by Crippen LogP contribution is -2.48. The van der Waals surface area contributed by atoms with Crippen LogP contribution in [0.5, 0.6) is 11.5 Å². The van der Waals surface area contributed by atoms with Crippen molar-refractivity contribution in [3.05, 3.63) is 96.8 Å². The number of carbonyl (C=O) groups excluding carboxylic acids is 1. The molecule has 4 fully saturated rings. The van der Waals surface area contributed by atoms with Crippen molar-refractivity contribution in [2.24, 2.45) is 0 Å². The maximum atomic E-state index is 13.4. The van der Waals surface area contributed by atoms with Crippen molar-refractivity contribution in [3.8, 4) is 34.3 Å². The second kappa shape index (κ2) is 21.6. The first kappa shape index (κ1) is 53.6. The Balaban J connectivity index is 0.000000151. The van der Waals surface area contributed by atoms with Gasteiger partial charge in [-0.3, -0.25) is 10.2 Å². The molecule has 0 radical (unpaired) electrons. The Morgan fingerprint density at radius 3 is 1.78 bits per heavy atom. The average Bonchev–Trinajstić information content (AvgIpc) is 4.37. The number of fused-ring (bicyclic) bond motifs is 8. The Morgan fingerprint density at radius 1 is 0.705 bits per heavy atom. The Bertz CT molecular complexity index is 3100. The van der Waals surface area contributed by atoms with Gasteiger partial charge in [0.05, 0.1) is 78.9 Å². The van der Waals surface area contributed by atoms with Gasteiger partial charge in [0.25, 0.3) is 0 Å². The van der Waals surface area contributed by atoms with Crippen LogP contribution in [0.2, 0.25) is 0 Å². The third-order valence-electron chi connectivity index (χ3n) is 13.1. The molecule has 12 rings (SSSR count). The second-order valence-electron chi connectivity index (χ2n) is 19.8. The zero-order valence-corrected chi connectivity index (χ0v) is 42.6. The minimum absolute atomic E-state index is 0.0625. The summed E-state index contributed by atoms with van der Waals surface area (Å²) in [5.74, 6) is 1.50. The summed E-state index contributed by atoms with van der Waals surface area (Å²) in [7, 11) is 0. The van der Waals surface area contributed by atoms with Gasteiger partial charge >= 0.3 is 18.4 Å². The van der Waals surface area contributed by atoms with Crippen LogP contribution in [0.3, 0.4) is 0 Å². The summed E-state index contributed by atoms with van der Waals surface area (Å²) in [6.45, 7) is 12.2. The van der Waals surface area contributed by atoms with Gasteiger partial charge in [0, 0.05) is 43.3 Å². The van der Waals surface area contributed by atoms with E-state index in [-0.39, 0.29) is 48.1 Å². The molecular formula is C51H54F6N14O7. The first-order valence-electron chi connectivity index (χ1n) is 24.9. The highest BCUT2D eigenvalue weighted by Gasteiger charge is 2.42. The van der Waals surface area contributed by atoms with Crippen molar-refractivity contribution in [3.63, 3.8) is 0 Å². The number of benzene rings is 2. The monoisotopic (exact) mass is 1090 g/mol. The molecule has 6 aliphatic rings. The third kappa shape index (κ3) is 12.6. The van der Waals surface area contributed by atoms with E-state index in [2.05, 4.69) is 60.3 Å². The minimum atomic E-state index is -4.50. The van der Waals surface area contributed by atoms with Crippen LogP contribution >= 0.6 is 0 Å². The zero-order chi connectivity index (χ0) is 55.0. The quantitative estimate of drug-likeness (QED) is 0.117. The number of anilines is 6. The van der Waals surface area contributed by atoms with Gasteiger partial charge in [-0.1, -0.05) is 24.3 Å². The topological polar surface area (TPSA) is 235 Å². The Hall–Kier alpha value is -7.75. The van der Waals surface area contributed by atoms with Crippen LogP contribution in [0.15, 0.2) is 85.7 Å². The number of hydrogen-bond acceptors (Lipinski definition) is 19. The predicted octanol–water partition coefficient (Wildman–Crippen LogP) is 7.87. The summed E-state index contributed by atoms with van der Waals surface area (Å²) < 4.78 is 112. The number of amides is 2. The van der Waals surface area contributed by atoms with E-state index in [1.165, 1.54) is 47.9 Å². The van der Waals surface area contributed by atoms with Gasteiger partial charge in [0.2, 0.25) is 11.9 Å². The van der Waals surface area contributed by atoms with Crippen LogP contribution in [-0.2, 0) is 31.3 Å². The highest BCUT2D eigenvalue weighted by atomic mass is 19.4. The SMILES string of the molecule is CC1(C)OC[C@@H](COc2cnc(N)nc2)O1.CC1(C)OC[C@@H](COc2cnc(NC(=O)N3c4nc(-c5cccc(C(F)(F)F)c5)ncc4N4CC[C@H]3C4)nc2)O1.FC(F)(F)c1cccc(-c2ncc3c(n2)N[C@H]2CCN3C2)c1. The first-order valence-corrected chi connectivity index (χ1v) is 24.9. The highest BCUT2D eigenvalue weighted by molar-refractivity contribution is 6.03. The molecule has 0 unspecified atom stereocenters. The van der Waals surface area contributed by atoms with Crippen LogP contribution in [0.4, 0.5) is 66.0 Å². The number of nitrogens with two attached hydrogens (primary N) is 1. The maximum absolute atomic E-state index is 13.4. The van der Waals surface area contributed by atoms with Crippen LogP contribution in [0.1, 0.15) is 51.7 Å². The number of nitrogens with one attached hydrogen (secondary N) is 2. The number of ether oxygens (including phenoxy) is 6. The summed E-state index contributed by atoms with van der Waals surface area (Å²) in [6, 6.07) is 9.56. The van der Waals surface area contributed by atoms with E-state index < -0.39 is 41.1 Å². The molecule has 6 aromatic rings. The van der Waals surface area contributed by atoms with Gasteiger partial charge in [-0.2, -0.15) is 26.3 Å². The van der Waals surface area contributed by atoms with Gasteiger partial charge < -0.3 is 49.3 Å². The largest absolute Gasteiger partial charge is 0.488 e. The Morgan fingerprint density at radius 2 is 1.23 bits per heavy atom. The van der Waals surface area contributed by atoms with Gasteiger partial charge in [-0.25, -0.2) is 44.7 Å². The van der Waals surface area contributed by atoms with E-state index in [1.54, 1.807) is 18.5 Å². The van der Waals surface area contributed by atoms with Gasteiger partial charge in [0.15, 0.2) is 46.4 Å². The molecule has 27 heteroatoms. The fraction of sp³-hybridized carbons (Fsp3) is 0.431. The summed E-state index contributed by atoms with van der Waals surface area (Å²) >= 11 is 0. The molecule has 2 amide bonds. The molecule has 412 valence electrons. The number of hydrogen-bond donors (Lipinski definition) is 3. The molecule has 6 aliphatic heterocycles. The summed E-state index contributed by atoms with van der Waals surface area (Å²) in [5.41, 5.74) is 5.98. The molecule has 4 aromatic heterocycles. The summed E-state index contributed by atoms with van der Waals surface area (Å²) in [6.07, 6.45) is 1.76. The van der Waals surface area contributed by atoms with Crippen molar-refractivity contribution in [2.45, 2.75) is 88.8 Å². The second-order valence-corrected chi connectivity index (χ2v) is 19.8. The van der Waals surface area contributed by atoms with Crippen molar-refractivity contribution in [1.29, 1.82) is 0 Å². The van der Waals surface area contributed by atoms with Crippen LogP contribution < -0.4 is 40.5 Å². The first-order chi connectivity index (χ1) is 37.1. The molecule has 78 heavy (non-hydrogen) atoms. The van der Waals surface area contributed by atoms with Crippen LogP contribution in [0, 0.1) is 0 Å². The fourth-order valence-electron chi connectivity index (χ4n) is 9.40. The average molecular weight is 1090 g/mol. The maximum Gasteiger partial charge on any atom is 0.416 e. The molecule has 0 spiro atoms. The molecular weight excluding hydrogens is 1030 g/mol. The molecule has 10 heterocycles. The third-order valence-corrected chi connectivity index (χ3v) is 13.1. The lowest BCUT2D eigenvalue weighted by atomic mass is 10.1. The number of nitrogens with zero attached hydrogens (tertiary/aromatic N) is 11. The van der Waals surface area contributed by atoms with Gasteiger partial charge in [0.1, 0.15) is 25.4 Å². The van der Waals surface area contributed by atoms with E-state index in [0.29, 0.717) is 85.6 Å². The molecule has 4 saturated heterocycles. The highest BCUT2D eigenvalue weighted by Crippen LogP contribution is 2.41. The van der Waals surface area contributed by atoms with Gasteiger partial charge in [-0.15, -0.1) is 0 Å². The molecule has 21 nitrogen and oxygen atoms in total. The van der Waals surface area contributed by atoms with E-state index in [1.807, 2.05) is 27.7 Å². The van der Waals surface area contributed by atoms with Crippen molar-refractivity contribution in [1.82, 2.24) is 39.9 Å². The smallest absolute Gasteiger partial charge is 0.416 e. The number of aromatic nitrogens is 8. The molecule has 2 aromatic carbocycles. The van der Waals surface area contributed by atoms with E-state index in [4.69, 9.17) is 34.2 Å². The summed E-state index contributed by atoms with van der Waals surface area (Å²) in [5, 5.41) is 6.02. The molecule has 4 bridgehead atoms. The Kier molecular flexibility index (Phi) is 14.8. The lowest BCUT2D eigenvalue weighted by molar-refractivity contribution is -0.141. The van der Waals surface area contributed by atoms with Gasteiger partial charge in [-0.05, 0) is 64.8 Å². The molecule has 0 aliphatic carbocycles. The number of carbonyl (C=O) groups is 1. The van der Waals surface area contributed by atoms with Crippen LogP contribution in [0.25, 0.3) is 22.8 Å². The minimum Gasteiger partial charge on any atom is -0.488 e. The van der Waals surface area contributed by atoms with Crippen molar-refractivity contribution >= 4 is 40.9 Å². The normalized spacial score (nSPS) is 21.3. The summed E-state index contributed by atoms with van der Waals surface area (Å²) in [4.78, 5) is 52.7. The number of halogens is 6. The van der Waals surface area contributed by atoms with Crippen LogP contribution in [-0.4, -0.2) is 134 Å². The number of urea groups is 1. The van der Waals surface area contributed by atoms with E-state index >= 15 is 0 Å². The standard InChI is InChI=1S/C26H26F3N7O4.C15H13F3N4.C10H15N3O3/c1-25(2)39-14-19(40-25)13-38-18-9-31-23(32-10-18)34-24(37)36-17-6-7-35(12-17)20-11-30-21(33-22(20)36)15-4-3-5-16(8-15)26(27,28)29;16-15(17,18)10-3-1-2-9(6-10)13-19-7-12-14(21-13)20-11-4-5-22(12)8-11;1-10(2)15-6-8(16-10)5-14-7-3-12-9(11)13-4-7/h3-5,8-11,17,19H,6-7,12-14H2,1-2H3,(H,31,32,34,37);1-3,6-7,11H,4-5,8H2,(H,19,20,21);3-4,8H,5-6H2,1-2H3,(H2,11,12,13)/t17-,19+;11-;8-/m001/s1. The molecule has 4 N–H and O–H groups in total. The number of nitrogen functional groups attached to an aromatic ring is 1. The Labute approximate surface area is 442 Å². The fourth-order valence-corrected chi connectivity index (χ4v) is 9.40. The number of rotatable bonds is 9. The molecule has 4 atom stereocenters.